The third-order valence-electron chi connectivity index (χ3n) is 3.55. The lowest BCUT2D eigenvalue weighted by atomic mass is 9.91. The lowest BCUT2D eigenvalue weighted by molar-refractivity contribution is 0.153. The molecule has 0 aromatic carbocycles. The van der Waals surface area contributed by atoms with Crippen molar-refractivity contribution in [3.8, 4) is 0 Å². The molecule has 17 heavy (non-hydrogen) atoms. The highest BCUT2D eigenvalue weighted by molar-refractivity contribution is 5.43. The van der Waals surface area contributed by atoms with Crippen LogP contribution in [-0.4, -0.2) is 29.5 Å². The van der Waals surface area contributed by atoms with Gasteiger partial charge in [-0.25, -0.2) is 4.98 Å². The number of aromatic nitrogens is 1. The van der Waals surface area contributed by atoms with Crippen LogP contribution in [0.1, 0.15) is 38.2 Å². The van der Waals surface area contributed by atoms with Crippen LogP contribution >= 0.6 is 0 Å². The molecule has 1 saturated carbocycles. The highest BCUT2D eigenvalue weighted by Crippen LogP contribution is 2.25. The summed E-state index contributed by atoms with van der Waals surface area (Å²) in [6, 6.07) is 5.00. The second kappa shape index (κ2) is 6.01. The van der Waals surface area contributed by atoms with Crippen molar-refractivity contribution in [3.05, 3.63) is 23.9 Å². The Morgan fingerprint density at radius 1 is 1.47 bits per heavy atom. The van der Waals surface area contributed by atoms with Crippen LogP contribution in [0.4, 0.5) is 5.82 Å². The minimum atomic E-state index is 0.786. The van der Waals surface area contributed by atoms with Gasteiger partial charge in [-0.15, -0.1) is 0 Å². The van der Waals surface area contributed by atoms with E-state index in [0.717, 1.165) is 31.4 Å². The van der Waals surface area contributed by atoms with Gasteiger partial charge in [0.15, 0.2) is 0 Å². The van der Waals surface area contributed by atoms with E-state index in [1.807, 2.05) is 12.3 Å². The van der Waals surface area contributed by atoms with E-state index in [4.69, 9.17) is 0 Å². The fraction of sp³-hybridized carbons (Fsp3) is 0.643. The second-order valence-corrected chi connectivity index (χ2v) is 4.94. The molecular weight excluding hydrogens is 210 g/mol. The summed E-state index contributed by atoms with van der Waals surface area (Å²) in [5.41, 5.74) is 1.32. The lowest BCUT2D eigenvalue weighted by Crippen LogP contribution is -2.36. The van der Waals surface area contributed by atoms with Crippen LogP contribution in [0.25, 0.3) is 0 Å². The fourth-order valence-electron chi connectivity index (χ4n) is 2.19. The lowest BCUT2D eigenvalue weighted by Gasteiger charge is -2.35. The summed E-state index contributed by atoms with van der Waals surface area (Å²) < 4.78 is 0. The Hall–Kier alpha value is -1.09. The normalized spacial score (nSPS) is 15.9. The number of nitrogens with one attached hydrogen (secondary N) is 1. The summed E-state index contributed by atoms with van der Waals surface area (Å²) >= 11 is 0. The van der Waals surface area contributed by atoms with Crippen molar-refractivity contribution in [1.82, 2.24) is 9.88 Å². The summed E-state index contributed by atoms with van der Waals surface area (Å²) in [5.74, 6) is 1.06. The molecule has 3 nitrogen and oxygen atoms in total. The van der Waals surface area contributed by atoms with Crippen molar-refractivity contribution in [1.29, 1.82) is 0 Å². The molecule has 0 unspecified atom stereocenters. The molecule has 0 aliphatic heterocycles. The van der Waals surface area contributed by atoms with Gasteiger partial charge >= 0.3 is 0 Å². The van der Waals surface area contributed by atoms with Gasteiger partial charge in [0.05, 0.1) is 0 Å². The smallest absolute Gasteiger partial charge is 0.130 e. The first-order valence-corrected chi connectivity index (χ1v) is 6.69. The van der Waals surface area contributed by atoms with Gasteiger partial charge in [-0.05, 0) is 32.4 Å². The van der Waals surface area contributed by atoms with Gasteiger partial charge in [-0.1, -0.05) is 19.4 Å². The van der Waals surface area contributed by atoms with Gasteiger partial charge in [-0.2, -0.15) is 0 Å². The van der Waals surface area contributed by atoms with E-state index in [1.54, 1.807) is 0 Å². The molecule has 1 aromatic heterocycles. The van der Waals surface area contributed by atoms with Crippen LogP contribution in [0.2, 0.25) is 0 Å². The summed E-state index contributed by atoms with van der Waals surface area (Å²) in [5, 5.41) is 3.41. The van der Waals surface area contributed by atoms with Gasteiger partial charge in [-0.3, -0.25) is 4.90 Å². The summed E-state index contributed by atoms with van der Waals surface area (Å²) in [7, 11) is 2.22. The van der Waals surface area contributed by atoms with Crippen molar-refractivity contribution in [2.45, 2.75) is 45.2 Å². The minimum Gasteiger partial charge on any atom is -0.370 e. The Balaban J connectivity index is 1.98. The molecule has 94 valence electrons. The highest BCUT2D eigenvalue weighted by Gasteiger charge is 2.22. The average Bonchev–Trinajstić information content (AvgIpc) is 2.25. The first-order valence-electron chi connectivity index (χ1n) is 6.69. The molecule has 1 aliphatic carbocycles. The largest absolute Gasteiger partial charge is 0.370 e. The molecule has 0 radical (unpaired) electrons. The molecule has 1 aromatic rings. The summed E-state index contributed by atoms with van der Waals surface area (Å²) in [6.45, 7) is 4.18. The van der Waals surface area contributed by atoms with E-state index < -0.39 is 0 Å². The van der Waals surface area contributed by atoms with Crippen molar-refractivity contribution in [2.24, 2.45) is 0 Å². The fourth-order valence-corrected chi connectivity index (χ4v) is 2.19. The average molecular weight is 233 g/mol. The maximum atomic E-state index is 4.43. The van der Waals surface area contributed by atoms with Crippen LogP contribution in [0.5, 0.6) is 0 Å². The zero-order chi connectivity index (χ0) is 12.1. The van der Waals surface area contributed by atoms with E-state index in [2.05, 4.69) is 35.2 Å². The van der Waals surface area contributed by atoms with E-state index in [-0.39, 0.29) is 0 Å². The molecule has 0 atom stereocenters. The molecule has 0 saturated heterocycles. The monoisotopic (exact) mass is 233 g/mol. The Morgan fingerprint density at radius 3 is 2.94 bits per heavy atom. The van der Waals surface area contributed by atoms with Crippen LogP contribution in [0, 0.1) is 0 Å². The van der Waals surface area contributed by atoms with Crippen LogP contribution < -0.4 is 5.32 Å². The number of hydrogen-bond acceptors (Lipinski definition) is 3. The molecular formula is C14H23N3. The molecule has 1 fully saturated rings. The number of rotatable bonds is 6. The van der Waals surface area contributed by atoms with E-state index in [1.165, 1.54) is 24.8 Å². The number of hydrogen-bond donors (Lipinski definition) is 1. The predicted octanol–water partition coefficient (Wildman–Crippen LogP) is 2.89. The van der Waals surface area contributed by atoms with Gasteiger partial charge in [0.1, 0.15) is 5.82 Å². The maximum Gasteiger partial charge on any atom is 0.130 e. The Bertz CT molecular complexity index is 347. The van der Waals surface area contributed by atoms with Gasteiger partial charge in [0, 0.05) is 30.9 Å². The third kappa shape index (κ3) is 3.19. The van der Waals surface area contributed by atoms with Crippen LogP contribution in [0.3, 0.4) is 0 Å². The molecule has 1 N–H and O–H groups in total. The summed E-state index contributed by atoms with van der Waals surface area (Å²) in [4.78, 5) is 6.89. The number of pyridine rings is 1. The number of anilines is 1. The van der Waals surface area contributed by atoms with Crippen molar-refractivity contribution in [3.63, 3.8) is 0 Å². The van der Waals surface area contributed by atoms with E-state index in [9.17, 15) is 0 Å². The molecule has 0 amide bonds. The zero-order valence-electron chi connectivity index (χ0n) is 10.9. The van der Waals surface area contributed by atoms with Crippen LogP contribution in [-0.2, 0) is 6.54 Å². The first-order chi connectivity index (χ1) is 8.31. The Labute approximate surface area is 104 Å². The van der Waals surface area contributed by atoms with Gasteiger partial charge < -0.3 is 5.32 Å². The molecule has 0 bridgehead atoms. The molecule has 0 spiro atoms. The third-order valence-corrected chi connectivity index (χ3v) is 3.55. The molecule has 1 heterocycles. The molecule has 3 heteroatoms. The minimum absolute atomic E-state index is 0.786. The second-order valence-electron chi connectivity index (χ2n) is 4.94. The maximum absolute atomic E-state index is 4.43. The van der Waals surface area contributed by atoms with Crippen molar-refractivity contribution >= 4 is 5.82 Å². The first kappa shape index (κ1) is 12.4. The topological polar surface area (TPSA) is 28.2 Å². The van der Waals surface area contributed by atoms with Crippen molar-refractivity contribution in [2.75, 3.05) is 18.9 Å². The quantitative estimate of drug-likeness (QED) is 0.819. The number of nitrogens with zero attached hydrogens (tertiary/aromatic N) is 2. The van der Waals surface area contributed by atoms with Gasteiger partial charge in [0.25, 0.3) is 0 Å². The molecule has 2 rings (SSSR count). The Kier molecular flexibility index (Phi) is 4.37. The standard InChI is InChI=1S/C14H23N3/c1-3-9-15-14-12(6-5-10-16-14)11-17(2)13-7-4-8-13/h5-6,10,13H,3-4,7-9,11H2,1-2H3,(H,15,16). The zero-order valence-corrected chi connectivity index (χ0v) is 10.9. The predicted molar refractivity (Wildman–Crippen MR) is 72.1 cm³/mol. The SMILES string of the molecule is CCCNc1ncccc1CN(C)C1CCC1. The summed E-state index contributed by atoms with van der Waals surface area (Å²) in [6.07, 6.45) is 7.10. The van der Waals surface area contributed by atoms with Gasteiger partial charge in [0.2, 0.25) is 0 Å². The highest BCUT2D eigenvalue weighted by atomic mass is 15.1. The Morgan fingerprint density at radius 2 is 2.29 bits per heavy atom. The van der Waals surface area contributed by atoms with E-state index in [0.29, 0.717) is 0 Å². The van der Waals surface area contributed by atoms with Crippen molar-refractivity contribution < 1.29 is 0 Å². The van der Waals surface area contributed by atoms with Crippen LogP contribution in [0.15, 0.2) is 18.3 Å². The molecule has 1 aliphatic rings. The van der Waals surface area contributed by atoms with E-state index >= 15 is 0 Å².